The molecule has 0 spiro atoms. The van der Waals surface area contributed by atoms with Crippen molar-refractivity contribution in [1.82, 2.24) is 19.8 Å². The Balaban J connectivity index is 1.25. The van der Waals surface area contributed by atoms with E-state index in [2.05, 4.69) is 46.4 Å². The van der Waals surface area contributed by atoms with Crippen molar-refractivity contribution in [2.45, 2.75) is 24.9 Å². The average molecular weight is 437 g/mol. The predicted octanol–water partition coefficient (Wildman–Crippen LogP) is 2.97. The van der Waals surface area contributed by atoms with E-state index in [0.29, 0.717) is 17.5 Å². The molecule has 0 saturated carbocycles. The Morgan fingerprint density at radius 1 is 1.19 bits per heavy atom. The fraction of sp³-hybridized carbons (Fsp3) is 0.375. The molecule has 4 rings (SSSR count). The minimum Gasteiger partial charge on any atom is -0.355 e. The molecule has 1 atom stereocenters. The summed E-state index contributed by atoms with van der Waals surface area (Å²) in [6.45, 7) is 5.78. The third kappa shape index (κ3) is 5.35. The van der Waals surface area contributed by atoms with E-state index in [1.54, 1.807) is 11.6 Å². The molecule has 1 unspecified atom stereocenters. The molecule has 0 radical (unpaired) electrons. The van der Waals surface area contributed by atoms with E-state index in [-0.39, 0.29) is 17.2 Å². The first-order valence-electron chi connectivity index (χ1n) is 10.6. The van der Waals surface area contributed by atoms with Gasteiger partial charge in [0.1, 0.15) is 0 Å². The summed E-state index contributed by atoms with van der Waals surface area (Å²) in [4.78, 5) is 31.8. The van der Waals surface area contributed by atoms with E-state index in [9.17, 15) is 9.59 Å². The molecule has 3 aromatic rings. The van der Waals surface area contributed by atoms with Gasteiger partial charge in [0.05, 0.1) is 16.8 Å². The van der Waals surface area contributed by atoms with Crippen molar-refractivity contribution in [1.29, 1.82) is 0 Å². The average Bonchev–Trinajstić information content (AvgIpc) is 3.23. The van der Waals surface area contributed by atoms with Crippen molar-refractivity contribution in [3.8, 4) is 0 Å². The number of nitrogens with one attached hydrogen (secondary N) is 1. The standard InChI is InChI=1S/C24H28N4O2S/c1-17-7-9-18(10-8-17)14-28-12-11-19(15-28)13-25-22(29)16-31-23-24(30)27(2)21-6-4-3-5-20(21)26-23/h3-10,19H,11-16H2,1-2H3,(H,25,29). The van der Waals surface area contributed by atoms with Crippen LogP contribution in [-0.4, -0.2) is 45.7 Å². The van der Waals surface area contributed by atoms with Gasteiger partial charge >= 0.3 is 0 Å². The molecular formula is C24H28N4O2S. The number of likely N-dealkylation sites (tertiary alicyclic amines) is 1. The summed E-state index contributed by atoms with van der Waals surface area (Å²) in [6.07, 6.45) is 1.09. The molecule has 1 N–H and O–H groups in total. The van der Waals surface area contributed by atoms with Gasteiger partial charge in [0.15, 0.2) is 5.03 Å². The highest BCUT2D eigenvalue weighted by atomic mass is 32.2. The Morgan fingerprint density at radius 3 is 2.77 bits per heavy atom. The van der Waals surface area contributed by atoms with Crippen LogP contribution in [0.15, 0.2) is 58.4 Å². The van der Waals surface area contributed by atoms with Crippen LogP contribution < -0.4 is 10.9 Å². The first-order valence-corrected chi connectivity index (χ1v) is 11.6. The third-order valence-electron chi connectivity index (χ3n) is 5.78. The van der Waals surface area contributed by atoms with Gasteiger partial charge in [-0.3, -0.25) is 14.5 Å². The number of rotatable bonds is 7. The number of carbonyl (C=O) groups excluding carboxylic acids is 1. The molecule has 2 heterocycles. The van der Waals surface area contributed by atoms with Gasteiger partial charge in [-0.25, -0.2) is 4.98 Å². The van der Waals surface area contributed by atoms with Crippen molar-refractivity contribution < 1.29 is 4.79 Å². The summed E-state index contributed by atoms with van der Waals surface area (Å²) in [7, 11) is 1.74. The van der Waals surface area contributed by atoms with Gasteiger partial charge in [0, 0.05) is 26.7 Å². The summed E-state index contributed by atoms with van der Waals surface area (Å²) in [5, 5.41) is 3.40. The maximum Gasteiger partial charge on any atom is 0.283 e. The van der Waals surface area contributed by atoms with Gasteiger partial charge in [-0.15, -0.1) is 0 Å². The highest BCUT2D eigenvalue weighted by Crippen LogP contribution is 2.19. The van der Waals surface area contributed by atoms with Crippen molar-refractivity contribution in [3.05, 3.63) is 70.0 Å². The quantitative estimate of drug-likeness (QED) is 0.577. The lowest BCUT2D eigenvalue weighted by Gasteiger charge is -2.16. The first kappa shape index (κ1) is 21.6. The molecule has 31 heavy (non-hydrogen) atoms. The number of aromatic nitrogens is 2. The molecule has 2 aromatic carbocycles. The summed E-state index contributed by atoms with van der Waals surface area (Å²) < 4.78 is 1.59. The largest absolute Gasteiger partial charge is 0.355 e. The van der Waals surface area contributed by atoms with Crippen LogP contribution in [0.25, 0.3) is 11.0 Å². The maximum atomic E-state index is 12.5. The number of thioether (sulfide) groups is 1. The fourth-order valence-corrected chi connectivity index (χ4v) is 4.76. The van der Waals surface area contributed by atoms with Gasteiger partial charge in [0.2, 0.25) is 5.91 Å². The highest BCUT2D eigenvalue weighted by molar-refractivity contribution is 7.99. The van der Waals surface area contributed by atoms with Gasteiger partial charge in [-0.2, -0.15) is 0 Å². The van der Waals surface area contributed by atoms with Gasteiger partial charge < -0.3 is 9.88 Å². The summed E-state index contributed by atoms with van der Waals surface area (Å²) in [5.41, 5.74) is 3.99. The van der Waals surface area contributed by atoms with Crippen LogP contribution in [0.5, 0.6) is 0 Å². The number of hydrogen-bond acceptors (Lipinski definition) is 5. The lowest BCUT2D eigenvalue weighted by molar-refractivity contribution is -0.118. The van der Waals surface area contributed by atoms with Crippen LogP contribution in [-0.2, 0) is 18.4 Å². The van der Waals surface area contributed by atoms with Gasteiger partial charge in [0.25, 0.3) is 5.56 Å². The Bertz CT molecular complexity index is 1130. The minimum absolute atomic E-state index is 0.0565. The van der Waals surface area contributed by atoms with Crippen molar-refractivity contribution in [2.24, 2.45) is 13.0 Å². The normalized spacial score (nSPS) is 16.6. The molecule has 1 aliphatic heterocycles. The second kappa shape index (κ2) is 9.66. The Labute approximate surface area is 186 Å². The molecule has 1 aromatic heterocycles. The van der Waals surface area contributed by atoms with E-state index >= 15 is 0 Å². The van der Waals surface area contributed by atoms with Crippen molar-refractivity contribution >= 4 is 28.7 Å². The smallest absolute Gasteiger partial charge is 0.283 e. The number of benzene rings is 2. The number of amides is 1. The van der Waals surface area contributed by atoms with E-state index < -0.39 is 0 Å². The molecule has 6 nitrogen and oxygen atoms in total. The first-order chi connectivity index (χ1) is 15.0. The molecular weight excluding hydrogens is 408 g/mol. The topological polar surface area (TPSA) is 67.2 Å². The molecule has 1 amide bonds. The zero-order chi connectivity index (χ0) is 21.8. The lowest BCUT2D eigenvalue weighted by Crippen LogP contribution is -2.32. The van der Waals surface area contributed by atoms with E-state index in [0.717, 1.165) is 37.1 Å². The number of nitrogens with zero attached hydrogens (tertiary/aromatic N) is 3. The molecule has 0 bridgehead atoms. The second-order valence-electron chi connectivity index (χ2n) is 8.24. The zero-order valence-electron chi connectivity index (χ0n) is 18.0. The molecule has 1 aliphatic rings. The van der Waals surface area contributed by atoms with E-state index in [4.69, 9.17) is 0 Å². The maximum absolute atomic E-state index is 12.5. The number of aryl methyl sites for hydroxylation is 2. The molecule has 0 aliphatic carbocycles. The van der Waals surface area contributed by atoms with Gasteiger partial charge in [-0.1, -0.05) is 53.7 Å². The van der Waals surface area contributed by atoms with Crippen LogP contribution in [0.2, 0.25) is 0 Å². The molecule has 1 saturated heterocycles. The molecule has 7 heteroatoms. The Morgan fingerprint density at radius 2 is 1.97 bits per heavy atom. The lowest BCUT2D eigenvalue weighted by atomic mass is 10.1. The number of para-hydroxylation sites is 2. The Hall–Kier alpha value is -2.64. The SMILES string of the molecule is Cc1ccc(CN2CCC(CNC(=O)CSc3nc4ccccc4n(C)c3=O)C2)cc1. The zero-order valence-corrected chi connectivity index (χ0v) is 18.8. The van der Waals surface area contributed by atoms with Crippen LogP contribution in [0.1, 0.15) is 17.5 Å². The van der Waals surface area contributed by atoms with Crippen LogP contribution in [0.4, 0.5) is 0 Å². The van der Waals surface area contributed by atoms with E-state index in [1.165, 1.54) is 22.9 Å². The number of carbonyl (C=O) groups is 1. The molecule has 1 fully saturated rings. The second-order valence-corrected chi connectivity index (χ2v) is 9.20. The third-order valence-corrected chi connectivity index (χ3v) is 6.72. The summed E-state index contributed by atoms with van der Waals surface area (Å²) in [6, 6.07) is 16.2. The number of fused-ring (bicyclic) bond motifs is 1. The fourth-order valence-electron chi connectivity index (χ4n) is 3.96. The number of hydrogen-bond donors (Lipinski definition) is 1. The van der Waals surface area contributed by atoms with E-state index in [1.807, 2.05) is 24.3 Å². The highest BCUT2D eigenvalue weighted by Gasteiger charge is 2.23. The van der Waals surface area contributed by atoms with Gasteiger partial charge in [-0.05, 0) is 43.5 Å². The van der Waals surface area contributed by atoms with Crippen molar-refractivity contribution in [3.63, 3.8) is 0 Å². The summed E-state index contributed by atoms with van der Waals surface area (Å²) in [5.74, 6) is 0.602. The van der Waals surface area contributed by atoms with Crippen LogP contribution in [0, 0.1) is 12.8 Å². The summed E-state index contributed by atoms with van der Waals surface area (Å²) >= 11 is 1.20. The molecule has 162 valence electrons. The van der Waals surface area contributed by atoms with Crippen LogP contribution >= 0.6 is 11.8 Å². The monoisotopic (exact) mass is 436 g/mol. The minimum atomic E-state index is -0.168. The Kier molecular flexibility index (Phi) is 6.73. The predicted molar refractivity (Wildman–Crippen MR) is 125 cm³/mol. The van der Waals surface area contributed by atoms with Crippen molar-refractivity contribution in [2.75, 3.05) is 25.4 Å². The van der Waals surface area contributed by atoms with Crippen LogP contribution in [0.3, 0.4) is 0 Å².